The summed E-state index contributed by atoms with van der Waals surface area (Å²) in [6, 6.07) is 51.7. The van der Waals surface area contributed by atoms with E-state index >= 15 is 0 Å². The van der Waals surface area contributed by atoms with Gasteiger partial charge in [0.1, 0.15) is 11.2 Å². The molecular formula is C45H30N2O. The number of furan rings is 1. The lowest BCUT2D eigenvalue weighted by Crippen LogP contribution is -2.14. The first kappa shape index (κ1) is 27.1. The van der Waals surface area contributed by atoms with Crippen LogP contribution in [0, 0.1) is 0 Å². The Balaban J connectivity index is 1.21. The highest BCUT2D eigenvalue weighted by molar-refractivity contribution is 6.15. The van der Waals surface area contributed by atoms with Crippen LogP contribution < -0.4 is 0 Å². The Morgan fingerprint density at radius 3 is 2.08 bits per heavy atom. The molecule has 0 fully saturated rings. The van der Waals surface area contributed by atoms with Crippen molar-refractivity contribution in [1.82, 2.24) is 9.97 Å². The van der Waals surface area contributed by atoms with Gasteiger partial charge < -0.3 is 4.42 Å². The van der Waals surface area contributed by atoms with E-state index in [2.05, 4.69) is 141 Å². The van der Waals surface area contributed by atoms with Crippen molar-refractivity contribution in [3.63, 3.8) is 0 Å². The fourth-order valence-electron chi connectivity index (χ4n) is 7.80. The smallest absolute Gasteiger partial charge is 0.160 e. The third-order valence-electron chi connectivity index (χ3n) is 10.3. The lowest BCUT2D eigenvalue weighted by Gasteiger charge is -2.22. The molecule has 0 saturated carbocycles. The van der Waals surface area contributed by atoms with E-state index < -0.39 is 0 Å². The minimum Gasteiger partial charge on any atom is -0.455 e. The SMILES string of the molecule is CC1(C)c2cc3ccccc3cc2-c2c(-c3cc(-c4ccc5oc6c7ccccc7ccc6c5c4)nc(-c4ccccc4)n3)cccc21. The summed E-state index contributed by atoms with van der Waals surface area (Å²) in [6.07, 6.45) is 0. The highest BCUT2D eigenvalue weighted by Crippen LogP contribution is 2.53. The minimum absolute atomic E-state index is 0.139. The van der Waals surface area contributed by atoms with Gasteiger partial charge in [0.15, 0.2) is 5.82 Å². The Labute approximate surface area is 278 Å². The van der Waals surface area contributed by atoms with Crippen molar-refractivity contribution >= 4 is 43.5 Å². The maximum atomic E-state index is 6.44. The average molecular weight is 615 g/mol. The van der Waals surface area contributed by atoms with Crippen LogP contribution in [-0.4, -0.2) is 9.97 Å². The summed E-state index contributed by atoms with van der Waals surface area (Å²) in [5.41, 5.74) is 11.8. The fraction of sp³-hybridized carbons (Fsp3) is 0.0667. The molecule has 10 rings (SSSR count). The van der Waals surface area contributed by atoms with E-state index in [-0.39, 0.29) is 5.41 Å². The molecule has 0 amide bonds. The van der Waals surface area contributed by atoms with Crippen LogP contribution in [0.25, 0.3) is 88.5 Å². The van der Waals surface area contributed by atoms with Crippen molar-refractivity contribution in [1.29, 1.82) is 0 Å². The predicted octanol–water partition coefficient (Wildman–Crippen LogP) is 12.0. The lowest BCUT2D eigenvalue weighted by atomic mass is 9.81. The van der Waals surface area contributed by atoms with Gasteiger partial charge in [0.25, 0.3) is 0 Å². The molecule has 0 spiro atoms. The van der Waals surface area contributed by atoms with E-state index in [0.717, 1.165) is 55.4 Å². The van der Waals surface area contributed by atoms with Crippen molar-refractivity contribution in [2.75, 3.05) is 0 Å². The molecule has 0 N–H and O–H groups in total. The number of aromatic nitrogens is 2. The van der Waals surface area contributed by atoms with Gasteiger partial charge in [-0.2, -0.15) is 0 Å². The number of hydrogen-bond acceptors (Lipinski definition) is 3. The number of rotatable bonds is 3. The number of benzene rings is 7. The summed E-state index contributed by atoms with van der Waals surface area (Å²) in [5, 5.41) is 7.00. The average Bonchev–Trinajstić information content (AvgIpc) is 3.62. The molecule has 0 unspecified atom stereocenters. The second-order valence-corrected chi connectivity index (χ2v) is 13.4. The molecule has 2 aromatic heterocycles. The first-order chi connectivity index (χ1) is 23.5. The van der Waals surface area contributed by atoms with Crippen LogP contribution in [0.3, 0.4) is 0 Å². The van der Waals surface area contributed by atoms with Crippen LogP contribution in [-0.2, 0) is 5.41 Å². The Bertz CT molecular complexity index is 2750. The van der Waals surface area contributed by atoms with E-state index in [0.29, 0.717) is 5.82 Å². The molecule has 0 atom stereocenters. The predicted molar refractivity (Wildman–Crippen MR) is 198 cm³/mol. The monoisotopic (exact) mass is 614 g/mol. The molecular weight excluding hydrogens is 585 g/mol. The Hall–Kier alpha value is -6.06. The first-order valence-corrected chi connectivity index (χ1v) is 16.5. The molecule has 9 aromatic rings. The summed E-state index contributed by atoms with van der Waals surface area (Å²) < 4.78 is 6.44. The van der Waals surface area contributed by atoms with E-state index in [9.17, 15) is 0 Å². The zero-order chi connectivity index (χ0) is 32.0. The van der Waals surface area contributed by atoms with E-state index in [1.165, 1.54) is 38.4 Å². The standard InChI is InChI=1S/C45H30N2O/c1-45(2)37-18-10-17-34(42(37)36-23-29-14-6-7-15-30(29)25-38(36)45)40-26-39(46-44(47-40)28-12-4-3-5-13-28)31-20-22-41-35(24-31)33-21-19-27-11-8-9-16-32(27)43(33)48-41/h3-26H,1-2H3. The summed E-state index contributed by atoms with van der Waals surface area (Å²) in [6.45, 7) is 4.68. The zero-order valence-electron chi connectivity index (χ0n) is 26.7. The Morgan fingerprint density at radius 1 is 0.479 bits per heavy atom. The van der Waals surface area contributed by atoms with Gasteiger partial charge in [-0.1, -0.05) is 117 Å². The molecule has 0 radical (unpaired) electrons. The quantitative estimate of drug-likeness (QED) is 0.199. The molecule has 3 nitrogen and oxygen atoms in total. The molecule has 3 heteroatoms. The third kappa shape index (κ3) is 3.94. The van der Waals surface area contributed by atoms with Gasteiger partial charge in [0.2, 0.25) is 0 Å². The summed E-state index contributed by atoms with van der Waals surface area (Å²) in [7, 11) is 0. The van der Waals surface area contributed by atoms with Crippen LogP contribution in [0.15, 0.2) is 150 Å². The summed E-state index contributed by atoms with van der Waals surface area (Å²) >= 11 is 0. The highest BCUT2D eigenvalue weighted by Gasteiger charge is 2.37. The van der Waals surface area contributed by atoms with Crippen molar-refractivity contribution in [2.24, 2.45) is 0 Å². The Morgan fingerprint density at radius 2 is 1.23 bits per heavy atom. The van der Waals surface area contributed by atoms with Gasteiger partial charge >= 0.3 is 0 Å². The number of nitrogens with zero attached hydrogens (tertiary/aromatic N) is 2. The summed E-state index contributed by atoms with van der Waals surface area (Å²) in [4.78, 5) is 10.5. The molecule has 7 aromatic carbocycles. The highest BCUT2D eigenvalue weighted by atomic mass is 16.3. The molecule has 0 aliphatic heterocycles. The second-order valence-electron chi connectivity index (χ2n) is 13.4. The van der Waals surface area contributed by atoms with Gasteiger partial charge in [0, 0.05) is 38.3 Å². The summed E-state index contributed by atoms with van der Waals surface area (Å²) in [5.74, 6) is 0.708. The molecule has 0 bridgehead atoms. The van der Waals surface area contributed by atoms with Crippen LogP contribution in [0.5, 0.6) is 0 Å². The van der Waals surface area contributed by atoms with Gasteiger partial charge in [0.05, 0.1) is 11.4 Å². The normalized spacial score (nSPS) is 13.4. The van der Waals surface area contributed by atoms with Crippen LogP contribution >= 0.6 is 0 Å². The van der Waals surface area contributed by atoms with Crippen molar-refractivity contribution in [2.45, 2.75) is 19.3 Å². The zero-order valence-corrected chi connectivity index (χ0v) is 26.7. The molecule has 0 saturated heterocycles. The van der Waals surface area contributed by atoms with Gasteiger partial charge in [-0.25, -0.2) is 9.97 Å². The van der Waals surface area contributed by atoms with Crippen LogP contribution in [0.2, 0.25) is 0 Å². The molecule has 1 aliphatic carbocycles. The molecule has 48 heavy (non-hydrogen) atoms. The largest absolute Gasteiger partial charge is 0.455 e. The van der Waals surface area contributed by atoms with E-state index in [1.54, 1.807) is 0 Å². The number of hydrogen-bond donors (Lipinski definition) is 0. The molecule has 1 aliphatic rings. The van der Waals surface area contributed by atoms with Crippen molar-refractivity contribution in [3.8, 4) is 45.0 Å². The second kappa shape index (κ2) is 9.97. The van der Waals surface area contributed by atoms with Crippen LogP contribution in [0.4, 0.5) is 0 Å². The Kier molecular flexibility index (Phi) is 5.63. The third-order valence-corrected chi connectivity index (χ3v) is 10.3. The molecule has 226 valence electrons. The fourth-order valence-corrected chi connectivity index (χ4v) is 7.80. The van der Waals surface area contributed by atoms with E-state index in [1.807, 2.05) is 18.2 Å². The van der Waals surface area contributed by atoms with E-state index in [4.69, 9.17) is 14.4 Å². The van der Waals surface area contributed by atoms with Crippen LogP contribution in [0.1, 0.15) is 25.0 Å². The van der Waals surface area contributed by atoms with Gasteiger partial charge in [-0.05, 0) is 80.9 Å². The lowest BCUT2D eigenvalue weighted by molar-refractivity contribution is 0.661. The number of fused-ring (bicyclic) bond motifs is 9. The van der Waals surface area contributed by atoms with Crippen molar-refractivity contribution in [3.05, 3.63) is 157 Å². The maximum Gasteiger partial charge on any atom is 0.160 e. The van der Waals surface area contributed by atoms with Gasteiger partial charge in [-0.3, -0.25) is 0 Å². The molecule has 2 heterocycles. The van der Waals surface area contributed by atoms with Crippen molar-refractivity contribution < 1.29 is 4.42 Å². The minimum atomic E-state index is -0.139. The van der Waals surface area contributed by atoms with Gasteiger partial charge in [-0.15, -0.1) is 0 Å². The topological polar surface area (TPSA) is 38.9 Å². The maximum absolute atomic E-state index is 6.44. The first-order valence-electron chi connectivity index (χ1n) is 16.5.